The van der Waals surface area contributed by atoms with E-state index in [4.69, 9.17) is 30.5 Å². The molecule has 0 aromatic heterocycles. The maximum absolute atomic E-state index is 13.8. The van der Waals surface area contributed by atoms with Crippen molar-refractivity contribution in [2.24, 2.45) is 0 Å². The summed E-state index contributed by atoms with van der Waals surface area (Å²) in [7, 11) is 6.00. The van der Waals surface area contributed by atoms with Crippen LogP contribution in [0.4, 0.5) is 11.4 Å². The molecule has 0 saturated heterocycles. The van der Waals surface area contributed by atoms with Crippen molar-refractivity contribution in [3.8, 4) is 23.0 Å². The summed E-state index contributed by atoms with van der Waals surface area (Å²) in [4.78, 5) is 41.1. The van der Waals surface area contributed by atoms with Crippen LogP contribution in [-0.2, 0) is 9.59 Å². The van der Waals surface area contributed by atoms with Crippen LogP contribution in [0.5, 0.6) is 23.0 Å². The topological polar surface area (TPSA) is 124 Å². The van der Waals surface area contributed by atoms with Crippen LogP contribution in [0.15, 0.2) is 89.5 Å². The van der Waals surface area contributed by atoms with Crippen molar-refractivity contribution < 1.29 is 33.3 Å². The summed E-state index contributed by atoms with van der Waals surface area (Å²) in [6.07, 6.45) is 2.04. The number of carbonyl (C=O) groups excluding carboxylic acids is 3. The van der Waals surface area contributed by atoms with E-state index in [0.717, 1.165) is 10.5 Å². The van der Waals surface area contributed by atoms with Crippen molar-refractivity contribution in [1.82, 2.24) is 5.32 Å². The fourth-order valence-corrected chi connectivity index (χ4v) is 5.91. The van der Waals surface area contributed by atoms with E-state index in [1.807, 2.05) is 19.9 Å². The van der Waals surface area contributed by atoms with E-state index in [-0.39, 0.29) is 11.6 Å². The summed E-state index contributed by atoms with van der Waals surface area (Å²) < 4.78 is 21.8. The Labute approximate surface area is 295 Å². The van der Waals surface area contributed by atoms with Gasteiger partial charge in [0.2, 0.25) is 5.91 Å². The zero-order valence-corrected chi connectivity index (χ0v) is 29.6. The van der Waals surface area contributed by atoms with E-state index in [0.29, 0.717) is 56.9 Å². The molecule has 0 radical (unpaired) electrons. The molecule has 0 saturated carbocycles. The highest BCUT2D eigenvalue weighted by Crippen LogP contribution is 2.36. The van der Waals surface area contributed by atoms with Crippen LogP contribution in [-0.4, -0.2) is 51.4 Å². The molecule has 0 aliphatic heterocycles. The third-order valence-corrected chi connectivity index (χ3v) is 9.10. The maximum atomic E-state index is 13.8. The average Bonchev–Trinajstić information content (AvgIpc) is 3.11. The number of halogens is 1. The Balaban J connectivity index is 1.59. The molecule has 0 bridgehead atoms. The number of rotatable bonds is 14. The van der Waals surface area contributed by atoms with Crippen LogP contribution in [0.25, 0.3) is 6.08 Å². The first-order valence-electron chi connectivity index (χ1n) is 15.2. The number of aryl methyl sites for hydroxylation is 1. The van der Waals surface area contributed by atoms with Gasteiger partial charge in [0.05, 0.1) is 39.4 Å². The molecule has 10 nitrogen and oxygen atoms in total. The Kier molecular flexibility index (Phi) is 13.0. The first-order valence-corrected chi connectivity index (χ1v) is 16.5. The number of nitrogens with one attached hydrogen (secondary N) is 3. The first kappa shape index (κ1) is 36.7. The lowest BCUT2D eigenvalue weighted by molar-refractivity contribution is -0.116. The second-order valence-corrected chi connectivity index (χ2v) is 12.3. The molecule has 0 fully saturated rings. The summed E-state index contributed by atoms with van der Waals surface area (Å²) in [6, 6.07) is 22.4. The van der Waals surface area contributed by atoms with Crippen molar-refractivity contribution >= 4 is 58.5 Å². The Hall–Kier alpha value is -5.13. The lowest BCUT2D eigenvalue weighted by Crippen LogP contribution is -2.30. The van der Waals surface area contributed by atoms with Crippen LogP contribution in [0.3, 0.4) is 0 Å². The number of carbonyl (C=O) groups is 3. The summed E-state index contributed by atoms with van der Waals surface area (Å²) >= 11 is 7.59. The number of hydrogen-bond acceptors (Lipinski definition) is 8. The number of hydrogen-bond donors (Lipinski definition) is 3. The molecular formula is C37H38ClN3O7S. The number of benzene rings is 4. The van der Waals surface area contributed by atoms with Crippen molar-refractivity contribution in [1.29, 1.82) is 0 Å². The quantitative estimate of drug-likeness (QED) is 0.0906. The molecule has 49 heavy (non-hydrogen) atoms. The van der Waals surface area contributed by atoms with E-state index in [9.17, 15) is 14.4 Å². The van der Waals surface area contributed by atoms with Crippen LogP contribution in [0.2, 0.25) is 5.02 Å². The molecule has 4 rings (SSSR count). The molecule has 0 spiro atoms. The molecule has 0 heterocycles. The van der Waals surface area contributed by atoms with Gasteiger partial charge >= 0.3 is 0 Å². The number of amides is 3. The Morgan fingerprint density at radius 2 is 1.47 bits per heavy atom. The van der Waals surface area contributed by atoms with Crippen LogP contribution in [0, 0.1) is 6.92 Å². The fraction of sp³-hybridized carbons (Fsp3) is 0.216. The second kappa shape index (κ2) is 17.3. The van der Waals surface area contributed by atoms with E-state index < -0.39 is 17.1 Å². The van der Waals surface area contributed by atoms with E-state index in [2.05, 4.69) is 16.0 Å². The fourth-order valence-electron chi connectivity index (χ4n) is 4.74. The van der Waals surface area contributed by atoms with E-state index in [1.54, 1.807) is 72.8 Å². The average molecular weight is 704 g/mol. The standard InChI is InChI=1S/C37H38ClN3O7S/c1-7-34(37(44)40-28-16-22(2)27(38)20-31(28)46-4)49-26-15-11-14-25(19-26)39-36(43)29(41-35(42)23-12-9-8-10-13-23)17-24-18-32(47-5)33(48-6)21-30(24)45-3/h8-21,34H,7H2,1-6H3,(H,39,43)(H,40,44)(H,41,42)/b29-17+. The summed E-state index contributed by atoms with van der Waals surface area (Å²) in [5.74, 6) is 0.431. The second-order valence-electron chi connectivity index (χ2n) is 10.6. The SMILES string of the molecule is CCC(Sc1cccc(NC(=O)/C(=C\c2cc(OC)c(OC)cc2OC)NC(=O)c2ccccc2)c1)C(=O)Nc1cc(C)c(Cl)cc1OC. The van der Waals surface area contributed by atoms with Gasteiger partial charge in [-0.2, -0.15) is 0 Å². The monoisotopic (exact) mass is 703 g/mol. The van der Waals surface area contributed by atoms with Gasteiger partial charge in [0, 0.05) is 38.9 Å². The van der Waals surface area contributed by atoms with Gasteiger partial charge in [-0.1, -0.05) is 42.8 Å². The van der Waals surface area contributed by atoms with E-state index in [1.165, 1.54) is 46.3 Å². The van der Waals surface area contributed by atoms with Crippen molar-refractivity contribution in [3.63, 3.8) is 0 Å². The molecule has 3 amide bonds. The zero-order chi connectivity index (χ0) is 35.5. The molecule has 4 aromatic rings. The predicted molar refractivity (Wildman–Crippen MR) is 194 cm³/mol. The molecule has 3 N–H and O–H groups in total. The lowest BCUT2D eigenvalue weighted by Gasteiger charge is -2.18. The smallest absolute Gasteiger partial charge is 0.272 e. The summed E-state index contributed by atoms with van der Waals surface area (Å²) in [5, 5.41) is 8.65. The van der Waals surface area contributed by atoms with Crippen molar-refractivity contribution in [2.45, 2.75) is 30.4 Å². The number of ether oxygens (including phenoxy) is 4. The van der Waals surface area contributed by atoms with Crippen molar-refractivity contribution in [2.75, 3.05) is 39.1 Å². The largest absolute Gasteiger partial charge is 0.496 e. The van der Waals surface area contributed by atoms with Gasteiger partial charge in [0.25, 0.3) is 11.8 Å². The van der Waals surface area contributed by atoms with Gasteiger partial charge in [-0.15, -0.1) is 11.8 Å². The predicted octanol–water partition coefficient (Wildman–Crippen LogP) is 7.60. The normalized spacial score (nSPS) is 11.6. The Morgan fingerprint density at radius 3 is 2.12 bits per heavy atom. The number of methoxy groups -OCH3 is 4. The molecule has 0 aliphatic rings. The van der Waals surface area contributed by atoms with Crippen molar-refractivity contribution in [3.05, 3.63) is 106 Å². The van der Waals surface area contributed by atoms with Crippen LogP contribution in [0.1, 0.15) is 34.8 Å². The third-order valence-electron chi connectivity index (χ3n) is 7.34. The number of anilines is 2. The molecular weight excluding hydrogens is 666 g/mol. The van der Waals surface area contributed by atoms with Gasteiger partial charge in [0.15, 0.2) is 11.5 Å². The lowest BCUT2D eigenvalue weighted by atomic mass is 10.1. The van der Waals surface area contributed by atoms with Gasteiger partial charge in [0.1, 0.15) is 17.2 Å². The first-order chi connectivity index (χ1) is 23.6. The van der Waals surface area contributed by atoms with Gasteiger partial charge in [-0.25, -0.2) is 0 Å². The number of thioether (sulfide) groups is 1. The maximum Gasteiger partial charge on any atom is 0.272 e. The van der Waals surface area contributed by atoms with Crippen LogP contribution < -0.4 is 34.9 Å². The minimum Gasteiger partial charge on any atom is -0.496 e. The highest BCUT2D eigenvalue weighted by molar-refractivity contribution is 8.00. The molecule has 0 aliphatic carbocycles. The highest BCUT2D eigenvalue weighted by Gasteiger charge is 2.22. The molecule has 12 heteroatoms. The molecule has 1 unspecified atom stereocenters. The Bertz CT molecular complexity index is 1850. The highest BCUT2D eigenvalue weighted by atomic mass is 35.5. The van der Waals surface area contributed by atoms with Gasteiger partial charge in [-0.05, 0) is 67.4 Å². The minimum absolute atomic E-state index is 0.0459. The Morgan fingerprint density at radius 1 is 0.796 bits per heavy atom. The van der Waals surface area contributed by atoms with Gasteiger partial charge in [-0.3, -0.25) is 14.4 Å². The summed E-state index contributed by atoms with van der Waals surface area (Å²) in [6.45, 7) is 3.77. The van der Waals surface area contributed by atoms with Gasteiger partial charge < -0.3 is 34.9 Å². The minimum atomic E-state index is -0.585. The third kappa shape index (κ3) is 9.49. The molecule has 256 valence electrons. The molecule has 1 atom stereocenters. The summed E-state index contributed by atoms with van der Waals surface area (Å²) in [5.41, 5.74) is 2.58. The van der Waals surface area contributed by atoms with E-state index >= 15 is 0 Å². The van der Waals surface area contributed by atoms with Crippen LogP contribution >= 0.6 is 23.4 Å². The molecule has 4 aromatic carbocycles. The zero-order valence-electron chi connectivity index (χ0n) is 28.0.